The second-order valence-corrected chi connectivity index (χ2v) is 13.8. The highest BCUT2D eigenvalue weighted by Crippen LogP contribution is 2.34. The van der Waals surface area contributed by atoms with Crippen LogP contribution in [-0.4, -0.2) is 54.5 Å². The fourth-order valence-corrected chi connectivity index (χ4v) is 5.54. The molecule has 0 bridgehead atoms. The highest BCUT2D eigenvalue weighted by Gasteiger charge is 2.30. The summed E-state index contributed by atoms with van der Waals surface area (Å²) >= 11 is 0. The molecular weight excluding hydrogens is 582 g/mol. The smallest absolute Gasteiger partial charge is 0.413 e. The van der Waals surface area contributed by atoms with Crippen LogP contribution in [0, 0.1) is 0 Å². The molecule has 244 valence electrons. The number of ether oxygens (including phenoxy) is 1. The van der Waals surface area contributed by atoms with Gasteiger partial charge in [0.15, 0.2) is 5.65 Å². The van der Waals surface area contributed by atoms with Crippen LogP contribution in [0.1, 0.15) is 84.0 Å². The van der Waals surface area contributed by atoms with Crippen LogP contribution in [0.15, 0.2) is 55.4 Å². The van der Waals surface area contributed by atoms with Gasteiger partial charge < -0.3 is 20.7 Å². The van der Waals surface area contributed by atoms with Crippen LogP contribution in [0.3, 0.4) is 0 Å². The molecule has 12 heteroatoms. The van der Waals surface area contributed by atoms with Crippen LogP contribution >= 0.6 is 0 Å². The summed E-state index contributed by atoms with van der Waals surface area (Å²) in [6.45, 7) is 19.4. The predicted molar refractivity (Wildman–Crippen MR) is 181 cm³/mol. The summed E-state index contributed by atoms with van der Waals surface area (Å²) in [5, 5.41) is 22.1. The van der Waals surface area contributed by atoms with Crippen molar-refractivity contribution in [1.29, 1.82) is 0 Å². The summed E-state index contributed by atoms with van der Waals surface area (Å²) in [6.07, 6.45) is 5.87. The van der Waals surface area contributed by atoms with E-state index in [1.54, 1.807) is 21.6 Å². The number of nitrogens with zero attached hydrogens (tertiary/aromatic N) is 5. The summed E-state index contributed by atoms with van der Waals surface area (Å²) in [7, 11) is 0. The van der Waals surface area contributed by atoms with Gasteiger partial charge in [-0.05, 0) is 56.4 Å². The Morgan fingerprint density at radius 3 is 2.67 bits per heavy atom. The summed E-state index contributed by atoms with van der Waals surface area (Å²) in [4.78, 5) is 29.9. The van der Waals surface area contributed by atoms with E-state index in [9.17, 15) is 9.59 Å². The molecule has 2 amide bonds. The minimum atomic E-state index is -0.614. The maximum atomic E-state index is 13.2. The third-order valence-electron chi connectivity index (χ3n) is 8.02. The molecule has 12 nitrogen and oxygen atoms in total. The molecule has 1 aliphatic rings. The molecule has 1 aliphatic heterocycles. The SMILES string of the molecule is C=CC(=O)Nc1cnn(-c2cccc(COC(=O)Nc3cc(N[C@H]4CCC(C)(C)NC4)nc4c(C(C)C)c(C(C)(C)C)nn34)c2)c1. The quantitative estimate of drug-likeness (QED) is 0.162. The molecule has 0 radical (unpaired) electrons. The van der Waals surface area contributed by atoms with Gasteiger partial charge >= 0.3 is 6.09 Å². The topological polar surface area (TPSA) is 140 Å². The van der Waals surface area contributed by atoms with Crippen molar-refractivity contribution in [2.75, 3.05) is 22.5 Å². The Labute approximate surface area is 270 Å². The van der Waals surface area contributed by atoms with E-state index >= 15 is 0 Å². The van der Waals surface area contributed by atoms with E-state index in [1.807, 2.05) is 30.3 Å². The van der Waals surface area contributed by atoms with Crippen LogP contribution in [0.25, 0.3) is 11.3 Å². The molecule has 5 rings (SSSR count). The van der Waals surface area contributed by atoms with Crippen molar-refractivity contribution in [3.63, 3.8) is 0 Å². The monoisotopic (exact) mass is 627 g/mol. The highest BCUT2D eigenvalue weighted by atomic mass is 16.5. The number of nitrogens with one attached hydrogen (secondary N) is 4. The van der Waals surface area contributed by atoms with Gasteiger partial charge in [0.2, 0.25) is 5.91 Å². The minimum Gasteiger partial charge on any atom is -0.444 e. The number of carbonyl (C=O) groups excluding carboxylic acids is 2. The third-order valence-corrected chi connectivity index (χ3v) is 8.02. The van der Waals surface area contributed by atoms with Gasteiger partial charge in [0.1, 0.15) is 18.2 Å². The molecule has 4 heterocycles. The first-order valence-corrected chi connectivity index (χ1v) is 15.7. The van der Waals surface area contributed by atoms with Crippen LogP contribution in [-0.2, 0) is 21.6 Å². The third kappa shape index (κ3) is 7.56. The second-order valence-electron chi connectivity index (χ2n) is 13.8. The lowest BCUT2D eigenvalue weighted by Gasteiger charge is -2.36. The van der Waals surface area contributed by atoms with E-state index in [2.05, 4.69) is 81.4 Å². The summed E-state index contributed by atoms with van der Waals surface area (Å²) in [6, 6.07) is 9.48. The largest absolute Gasteiger partial charge is 0.444 e. The van der Waals surface area contributed by atoms with Crippen LogP contribution < -0.4 is 21.3 Å². The molecule has 3 aromatic heterocycles. The number of hydrogen-bond acceptors (Lipinski definition) is 8. The highest BCUT2D eigenvalue weighted by molar-refractivity contribution is 5.98. The zero-order chi connectivity index (χ0) is 33.2. The van der Waals surface area contributed by atoms with Gasteiger partial charge in [0, 0.05) is 35.2 Å². The molecule has 46 heavy (non-hydrogen) atoms. The summed E-state index contributed by atoms with van der Waals surface area (Å²) < 4.78 is 9.01. The van der Waals surface area contributed by atoms with Gasteiger partial charge in [0.05, 0.1) is 29.5 Å². The van der Waals surface area contributed by atoms with E-state index < -0.39 is 6.09 Å². The van der Waals surface area contributed by atoms with Crippen molar-refractivity contribution < 1.29 is 14.3 Å². The number of benzene rings is 1. The maximum Gasteiger partial charge on any atom is 0.413 e. The van der Waals surface area contributed by atoms with Crippen molar-refractivity contribution in [2.24, 2.45) is 0 Å². The summed E-state index contributed by atoms with van der Waals surface area (Å²) in [5.74, 6) is 0.996. The second kappa shape index (κ2) is 13.0. The fourth-order valence-electron chi connectivity index (χ4n) is 5.54. The number of anilines is 3. The standard InChI is InChI=1S/C34H45N9O3/c1-9-28(44)38-24-18-36-42(19-24)25-12-10-11-22(15-25)20-46-32(45)40-27-16-26(37-23-13-14-34(7,8)35-17-23)39-31-29(21(2)3)30(33(4,5)6)41-43(27)31/h9-12,15-16,18-19,21,23,35H,1,13-14,17,20H2,2-8H3,(H,37,39)(H,38,44)(H,40,45)/t23-/m0/s1. The van der Waals surface area contributed by atoms with Crippen molar-refractivity contribution in [3.8, 4) is 5.69 Å². The van der Waals surface area contributed by atoms with Crippen LogP contribution in [0.4, 0.5) is 22.1 Å². The zero-order valence-electron chi connectivity index (χ0n) is 27.8. The number of piperidine rings is 1. The Hall–Kier alpha value is -4.71. The van der Waals surface area contributed by atoms with Crippen molar-refractivity contribution in [1.82, 2.24) is 29.7 Å². The Kier molecular flexibility index (Phi) is 9.20. The molecule has 0 unspecified atom stereocenters. The van der Waals surface area contributed by atoms with Crippen molar-refractivity contribution in [3.05, 3.63) is 72.2 Å². The molecule has 0 saturated carbocycles. The summed E-state index contributed by atoms with van der Waals surface area (Å²) in [5.41, 5.74) is 4.64. The van der Waals surface area contributed by atoms with Crippen molar-refractivity contribution >= 4 is 35.0 Å². The van der Waals surface area contributed by atoms with Gasteiger partial charge in [-0.1, -0.05) is 53.3 Å². The Bertz CT molecular complexity index is 1740. The van der Waals surface area contributed by atoms with Gasteiger partial charge in [-0.2, -0.15) is 14.7 Å². The Balaban J connectivity index is 1.37. The van der Waals surface area contributed by atoms with E-state index in [1.165, 1.54) is 6.08 Å². The maximum absolute atomic E-state index is 13.2. The number of aromatic nitrogens is 5. The predicted octanol–water partition coefficient (Wildman–Crippen LogP) is 6.15. The molecule has 1 saturated heterocycles. The normalized spacial score (nSPS) is 16.3. The Morgan fingerprint density at radius 2 is 2.00 bits per heavy atom. The van der Waals surface area contributed by atoms with Gasteiger partial charge in [-0.25, -0.2) is 14.5 Å². The molecule has 4 N–H and O–H groups in total. The lowest BCUT2D eigenvalue weighted by Crippen LogP contribution is -2.50. The molecule has 1 fully saturated rings. The Morgan fingerprint density at radius 1 is 1.22 bits per heavy atom. The van der Waals surface area contributed by atoms with E-state index in [-0.39, 0.29) is 35.4 Å². The van der Waals surface area contributed by atoms with E-state index in [0.717, 1.165) is 41.9 Å². The fraction of sp³-hybridized carbons (Fsp3) is 0.441. The average Bonchev–Trinajstić information content (AvgIpc) is 3.63. The molecule has 1 aromatic carbocycles. The number of fused-ring (bicyclic) bond motifs is 1. The van der Waals surface area contributed by atoms with Gasteiger partial charge in [-0.15, -0.1) is 0 Å². The first-order valence-electron chi connectivity index (χ1n) is 15.7. The van der Waals surface area contributed by atoms with Crippen LogP contribution in [0.5, 0.6) is 0 Å². The number of carbonyl (C=O) groups is 2. The molecule has 1 atom stereocenters. The molecular formula is C34H45N9O3. The lowest BCUT2D eigenvalue weighted by molar-refractivity contribution is -0.111. The first kappa shape index (κ1) is 32.7. The lowest BCUT2D eigenvalue weighted by atomic mass is 9.86. The van der Waals surface area contributed by atoms with Gasteiger partial charge in [0.25, 0.3) is 0 Å². The van der Waals surface area contributed by atoms with E-state index in [4.69, 9.17) is 14.8 Å². The molecule has 4 aromatic rings. The van der Waals surface area contributed by atoms with Gasteiger partial charge in [-0.3, -0.25) is 10.1 Å². The zero-order valence-corrected chi connectivity index (χ0v) is 27.8. The minimum absolute atomic E-state index is 0.0352. The van der Waals surface area contributed by atoms with E-state index in [0.29, 0.717) is 23.0 Å². The number of amides is 2. The molecule has 0 spiro atoms. The average molecular weight is 628 g/mol. The van der Waals surface area contributed by atoms with Crippen molar-refractivity contribution in [2.45, 2.75) is 90.8 Å². The first-order chi connectivity index (χ1) is 21.7. The number of rotatable bonds is 9. The van der Waals surface area contributed by atoms with Crippen LogP contribution in [0.2, 0.25) is 0 Å². The molecule has 0 aliphatic carbocycles. The number of hydrogen-bond donors (Lipinski definition) is 4.